The van der Waals surface area contributed by atoms with Crippen molar-refractivity contribution in [2.45, 2.75) is 13.0 Å². The summed E-state index contributed by atoms with van der Waals surface area (Å²) in [5, 5.41) is 0. The average Bonchev–Trinajstić information content (AvgIpc) is 2.46. The molecule has 1 atom stereocenters. The number of hydrogen-bond acceptors (Lipinski definition) is 5. The van der Waals surface area contributed by atoms with Crippen molar-refractivity contribution in [1.82, 2.24) is 19.8 Å². The van der Waals surface area contributed by atoms with Gasteiger partial charge in [-0.2, -0.15) is 0 Å². The van der Waals surface area contributed by atoms with Crippen LogP contribution in [0.15, 0.2) is 18.5 Å². The van der Waals surface area contributed by atoms with Crippen LogP contribution in [0.1, 0.15) is 6.92 Å². The monoisotopic (exact) mass is 263 g/mol. The van der Waals surface area contributed by atoms with Gasteiger partial charge in [0.05, 0.1) is 6.04 Å². The fourth-order valence-electron chi connectivity index (χ4n) is 2.29. The van der Waals surface area contributed by atoms with Crippen molar-refractivity contribution >= 4 is 11.9 Å². The number of aromatic nitrogens is 2. The minimum absolute atomic E-state index is 0.0613. The number of anilines is 1. The zero-order chi connectivity index (χ0) is 13.8. The number of likely N-dealkylation sites (N-methyl/N-ethyl adjacent to an activating group) is 1. The largest absolute Gasteiger partial charge is 0.347 e. The summed E-state index contributed by atoms with van der Waals surface area (Å²) in [7, 11) is 3.60. The number of rotatable bonds is 3. The highest BCUT2D eigenvalue weighted by Crippen LogP contribution is 2.12. The third-order valence-electron chi connectivity index (χ3n) is 3.50. The molecule has 0 saturated carbocycles. The summed E-state index contributed by atoms with van der Waals surface area (Å²) in [6.07, 6.45) is 3.51. The van der Waals surface area contributed by atoms with E-state index in [-0.39, 0.29) is 11.9 Å². The normalized spacial score (nSPS) is 18.2. The summed E-state index contributed by atoms with van der Waals surface area (Å²) in [6, 6.07) is 1.76. The van der Waals surface area contributed by atoms with E-state index >= 15 is 0 Å². The Hall–Kier alpha value is -1.69. The predicted octanol–water partition coefficient (Wildman–Crippen LogP) is 0.0753. The number of hydrogen-bond donors (Lipinski definition) is 0. The van der Waals surface area contributed by atoms with Gasteiger partial charge >= 0.3 is 0 Å². The molecule has 1 aliphatic heterocycles. The Kier molecular flexibility index (Phi) is 4.31. The highest BCUT2D eigenvalue weighted by Gasteiger charge is 2.27. The van der Waals surface area contributed by atoms with Crippen molar-refractivity contribution in [2.24, 2.45) is 0 Å². The summed E-state index contributed by atoms with van der Waals surface area (Å²) in [5.74, 6) is 0.929. The highest BCUT2D eigenvalue weighted by molar-refractivity contribution is 5.80. The fourth-order valence-corrected chi connectivity index (χ4v) is 2.29. The van der Waals surface area contributed by atoms with Crippen molar-refractivity contribution in [3.63, 3.8) is 0 Å². The molecule has 1 fully saturated rings. The van der Waals surface area contributed by atoms with Gasteiger partial charge in [-0.25, -0.2) is 9.97 Å². The molecule has 6 nitrogen and oxygen atoms in total. The van der Waals surface area contributed by atoms with Gasteiger partial charge in [-0.3, -0.25) is 9.69 Å². The Morgan fingerprint density at radius 1 is 1.21 bits per heavy atom. The summed E-state index contributed by atoms with van der Waals surface area (Å²) in [6.45, 7) is 5.40. The molecule has 1 saturated heterocycles. The van der Waals surface area contributed by atoms with Gasteiger partial charge in [0, 0.05) is 52.7 Å². The molecule has 0 aliphatic carbocycles. The quantitative estimate of drug-likeness (QED) is 0.773. The zero-order valence-electron chi connectivity index (χ0n) is 11.8. The van der Waals surface area contributed by atoms with E-state index in [0.29, 0.717) is 0 Å². The molecule has 2 rings (SSSR count). The van der Waals surface area contributed by atoms with Crippen molar-refractivity contribution in [1.29, 1.82) is 0 Å². The Balaban J connectivity index is 1.91. The van der Waals surface area contributed by atoms with Gasteiger partial charge in [0.1, 0.15) is 0 Å². The lowest BCUT2D eigenvalue weighted by Crippen LogP contribution is -2.54. The molecule has 19 heavy (non-hydrogen) atoms. The van der Waals surface area contributed by atoms with E-state index in [1.807, 2.05) is 13.0 Å². The second kappa shape index (κ2) is 5.97. The van der Waals surface area contributed by atoms with Gasteiger partial charge in [0.2, 0.25) is 11.9 Å². The Bertz CT molecular complexity index is 414. The van der Waals surface area contributed by atoms with Crippen LogP contribution in [-0.4, -0.2) is 72.0 Å². The average molecular weight is 263 g/mol. The standard InChI is InChI=1S/C13H21N5O/c1-11(12(19)16(2)3)17-7-9-18(10-8-17)13-14-5-4-6-15-13/h4-6,11H,7-10H2,1-3H3. The summed E-state index contributed by atoms with van der Waals surface area (Å²) < 4.78 is 0. The Labute approximate surface area is 114 Å². The van der Waals surface area contributed by atoms with Gasteiger partial charge in [-0.15, -0.1) is 0 Å². The predicted molar refractivity (Wildman–Crippen MR) is 74.0 cm³/mol. The van der Waals surface area contributed by atoms with E-state index in [1.165, 1.54) is 0 Å². The summed E-state index contributed by atoms with van der Waals surface area (Å²) in [4.78, 5) is 26.5. The molecule has 1 aliphatic rings. The third-order valence-corrected chi connectivity index (χ3v) is 3.50. The molecule has 0 N–H and O–H groups in total. The molecule has 104 valence electrons. The van der Waals surface area contributed by atoms with Gasteiger partial charge in [-0.1, -0.05) is 0 Å². The van der Waals surface area contributed by atoms with Crippen LogP contribution >= 0.6 is 0 Å². The van der Waals surface area contributed by atoms with E-state index in [2.05, 4.69) is 19.8 Å². The van der Waals surface area contributed by atoms with Gasteiger partial charge in [0.15, 0.2) is 0 Å². The maximum absolute atomic E-state index is 11.9. The molecule has 1 amide bonds. The number of amides is 1. The van der Waals surface area contributed by atoms with Crippen molar-refractivity contribution in [3.8, 4) is 0 Å². The summed E-state index contributed by atoms with van der Waals surface area (Å²) >= 11 is 0. The second-order valence-corrected chi connectivity index (χ2v) is 4.98. The van der Waals surface area contributed by atoms with Gasteiger partial charge in [-0.05, 0) is 13.0 Å². The lowest BCUT2D eigenvalue weighted by atomic mass is 10.2. The highest BCUT2D eigenvalue weighted by atomic mass is 16.2. The Morgan fingerprint density at radius 3 is 2.32 bits per heavy atom. The topological polar surface area (TPSA) is 52.6 Å². The van der Waals surface area contributed by atoms with Crippen molar-refractivity contribution in [3.05, 3.63) is 18.5 Å². The van der Waals surface area contributed by atoms with Gasteiger partial charge < -0.3 is 9.80 Å². The van der Waals surface area contributed by atoms with Crippen LogP contribution in [-0.2, 0) is 4.79 Å². The molecule has 0 radical (unpaired) electrons. The number of carbonyl (C=O) groups is 1. The van der Waals surface area contributed by atoms with Crippen LogP contribution in [0.2, 0.25) is 0 Å². The first-order valence-corrected chi connectivity index (χ1v) is 6.57. The van der Waals surface area contributed by atoms with E-state index in [4.69, 9.17) is 0 Å². The second-order valence-electron chi connectivity index (χ2n) is 4.98. The van der Waals surface area contributed by atoms with E-state index in [9.17, 15) is 4.79 Å². The molecule has 1 aromatic rings. The molecule has 1 unspecified atom stereocenters. The van der Waals surface area contributed by atoms with Crippen LogP contribution in [0.25, 0.3) is 0 Å². The number of carbonyl (C=O) groups excluding carboxylic acids is 1. The van der Waals surface area contributed by atoms with Crippen molar-refractivity contribution in [2.75, 3.05) is 45.2 Å². The first-order chi connectivity index (χ1) is 9.09. The van der Waals surface area contributed by atoms with E-state index < -0.39 is 0 Å². The lowest BCUT2D eigenvalue weighted by molar-refractivity contribution is -0.133. The minimum atomic E-state index is -0.0613. The minimum Gasteiger partial charge on any atom is -0.347 e. The molecule has 0 spiro atoms. The molecule has 2 heterocycles. The fraction of sp³-hybridized carbons (Fsp3) is 0.615. The van der Waals surface area contributed by atoms with Gasteiger partial charge in [0.25, 0.3) is 0 Å². The molecular weight excluding hydrogens is 242 g/mol. The maximum atomic E-state index is 11.9. The van der Waals surface area contributed by atoms with Crippen LogP contribution in [0.5, 0.6) is 0 Å². The lowest BCUT2D eigenvalue weighted by Gasteiger charge is -2.38. The van der Waals surface area contributed by atoms with Crippen LogP contribution in [0.4, 0.5) is 5.95 Å². The van der Waals surface area contributed by atoms with Crippen LogP contribution < -0.4 is 4.90 Å². The summed E-state index contributed by atoms with van der Waals surface area (Å²) in [5.41, 5.74) is 0. The molecule has 6 heteroatoms. The number of piperazine rings is 1. The Morgan fingerprint density at radius 2 is 1.79 bits per heavy atom. The van der Waals surface area contributed by atoms with Crippen LogP contribution in [0, 0.1) is 0 Å². The van der Waals surface area contributed by atoms with E-state index in [0.717, 1.165) is 32.1 Å². The molecule has 0 bridgehead atoms. The first kappa shape index (κ1) is 13.7. The number of nitrogens with zero attached hydrogens (tertiary/aromatic N) is 5. The molecular formula is C13H21N5O. The van der Waals surface area contributed by atoms with E-state index in [1.54, 1.807) is 31.4 Å². The molecule has 0 aromatic carbocycles. The first-order valence-electron chi connectivity index (χ1n) is 6.57. The smallest absolute Gasteiger partial charge is 0.239 e. The van der Waals surface area contributed by atoms with Crippen LogP contribution in [0.3, 0.4) is 0 Å². The third kappa shape index (κ3) is 3.20. The SMILES string of the molecule is CC(C(=O)N(C)C)N1CCN(c2ncccn2)CC1. The maximum Gasteiger partial charge on any atom is 0.239 e. The molecule has 1 aromatic heterocycles. The zero-order valence-corrected chi connectivity index (χ0v) is 11.8. The van der Waals surface area contributed by atoms with Crippen molar-refractivity contribution < 1.29 is 4.79 Å².